The Balaban J connectivity index is 1.25. The van der Waals surface area contributed by atoms with Gasteiger partial charge in [-0.05, 0) is 79.7 Å². The van der Waals surface area contributed by atoms with Gasteiger partial charge in [0.25, 0.3) is 0 Å². The molecule has 2 aromatic carbocycles. The van der Waals surface area contributed by atoms with E-state index in [1.165, 1.54) is 28.0 Å². The van der Waals surface area contributed by atoms with E-state index in [0.29, 0.717) is 50.6 Å². The lowest BCUT2D eigenvalue weighted by molar-refractivity contribution is -0.133. The fraction of sp³-hybridized carbons (Fsp3) is 0.538. The first-order chi connectivity index (χ1) is 22.7. The van der Waals surface area contributed by atoms with Gasteiger partial charge in [0, 0.05) is 51.1 Å². The van der Waals surface area contributed by atoms with Crippen LogP contribution in [0.3, 0.4) is 0 Å². The number of methoxy groups -OCH3 is 2. The number of hydrogen-bond acceptors (Lipinski definition) is 7. The lowest BCUT2D eigenvalue weighted by atomic mass is 9.96. The van der Waals surface area contributed by atoms with Crippen LogP contribution in [-0.2, 0) is 24.2 Å². The number of carbonyl (C=O) groups excluding carboxylic acids is 2. The zero-order valence-electron chi connectivity index (χ0n) is 29.4. The maximum absolute atomic E-state index is 13.3. The van der Waals surface area contributed by atoms with Gasteiger partial charge in [0.05, 0.1) is 25.7 Å². The average Bonchev–Trinajstić information content (AvgIpc) is 3.54. The summed E-state index contributed by atoms with van der Waals surface area (Å²) in [6.45, 7) is 12.8. The van der Waals surface area contributed by atoms with Gasteiger partial charge in [-0.1, -0.05) is 56.5 Å². The molecule has 1 aliphatic rings. The van der Waals surface area contributed by atoms with E-state index in [1.807, 2.05) is 23.3 Å². The van der Waals surface area contributed by atoms with E-state index in [1.54, 1.807) is 14.2 Å². The summed E-state index contributed by atoms with van der Waals surface area (Å²) in [5.41, 5.74) is 6.20. The third-order valence-corrected chi connectivity index (χ3v) is 10.1. The van der Waals surface area contributed by atoms with Crippen LogP contribution in [0.1, 0.15) is 89.9 Å². The van der Waals surface area contributed by atoms with Crippen molar-refractivity contribution in [3.05, 3.63) is 74.5 Å². The Hall–Kier alpha value is -3.36. The predicted molar refractivity (Wildman–Crippen MR) is 191 cm³/mol. The first-order valence-electron chi connectivity index (χ1n) is 17.3. The molecule has 4 rings (SSSR count). The van der Waals surface area contributed by atoms with Crippen molar-refractivity contribution in [2.75, 3.05) is 47.0 Å². The predicted octanol–water partition coefficient (Wildman–Crippen LogP) is 8.07. The summed E-state index contributed by atoms with van der Waals surface area (Å²) >= 11 is 1.54. The summed E-state index contributed by atoms with van der Waals surface area (Å²) in [7, 11) is 3.29. The number of ether oxygens (including phenoxy) is 3. The van der Waals surface area contributed by atoms with Crippen LogP contribution in [0.15, 0.2) is 41.8 Å². The third kappa shape index (κ3) is 10.3. The van der Waals surface area contributed by atoms with Gasteiger partial charge < -0.3 is 19.1 Å². The van der Waals surface area contributed by atoms with Crippen molar-refractivity contribution in [2.45, 2.75) is 85.6 Å². The van der Waals surface area contributed by atoms with Gasteiger partial charge in [0.2, 0.25) is 11.7 Å². The van der Waals surface area contributed by atoms with Crippen LogP contribution in [-0.4, -0.2) is 68.5 Å². The molecule has 7 nitrogen and oxygen atoms in total. The highest BCUT2D eigenvalue weighted by Gasteiger charge is 2.26. The Bertz CT molecular complexity index is 1460. The normalized spacial score (nSPS) is 14.2. The standard InChI is InChI=1S/C39H54N2O5S/c1-7-8-9-22-46-37-33(15-16-35(44-5)38(37)45-6)27-40-18-20-41(21-19-40)36(43)26-29(3)25-34(42)39-31(17-23-47-39)11-10-12-32-24-28(2)13-14-30(32)4/h13-17,23-24,29H,7-12,18-22,25-27H2,1-6H3. The Morgan fingerprint density at radius 3 is 2.34 bits per heavy atom. The number of Topliss-reactive ketones (excluding diaryl/α,β-unsaturated/α-hetero) is 1. The van der Waals surface area contributed by atoms with Crippen molar-refractivity contribution in [1.29, 1.82) is 0 Å². The van der Waals surface area contributed by atoms with Crippen LogP contribution in [0.25, 0.3) is 0 Å². The molecular formula is C39H54N2O5S. The Morgan fingerprint density at radius 2 is 1.62 bits per heavy atom. The number of hydrogen-bond donors (Lipinski definition) is 0. The molecule has 0 spiro atoms. The molecule has 1 saturated heterocycles. The third-order valence-electron chi connectivity index (χ3n) is 9.15. The van der Waals surface area contributed by atoms with Crippen molar-refractivity contribution < 1.29 is 23.8 Å². The zero-order chi connectivity index (χ0) is 33.8. The molecule has 1 amide bonds. The molecule has 0 N–H and O–H groups in total. The molecular weight excluding hydrogens is 609 g/mol. The van der Waals surface area contributed by atoms with Crippen LogP contribution in [0, 0.1) is 19.8 Å². The van der Waals surface area contributed by atoms with Gasteiger partial charge in [-0.25, -0.2) is 0 Å². The Kier molecular flexibility index (Phi) is 14.2. The number of unbranched alkanes of at least 4 members (excludes halogenated alkanes) is 2. The van der Waals surface area contributed by atoms with Gasteiger partial charge in [0.15, 0.2) is 17.3 Å². The minimum absolute atomic E-state index is 0.00268. The smallest absolute Gasteiger partial charge is 0.222 e. The summed E-state index contributed by atoms with van der Waals surface area (Å²) < 4.78 is 17.5. The zero-order valence-corrected chi connectivity index (χ0v) is 30.2. The lowest BCUT2D eigenvalue weighted by Crippen LogP contribution is -2.48. The highest BCUT2D eigenvalue weighted by atomic mass is 32.1. The molecule has 2 heterocycles. The van der Waals surface area contributed by atoms with Crippen molar-refractivity contribution in [3.8, 4) is 17.2 Å². The van der Waals surface area contributed by atoms with E-state index in [9.17, 15) is 9.59 Å². The number of amides is 1. The van der Waals surface area contributed by atoms with Crippen LogP contribution >= 0.6 is 11.3 Å². The average molecular weight is 663 g/mol. The fourth-order valence-corrected chi connectivity index (χ4v) is 7.27. The second-order valence-electron chi connectivity index (χ2n) is 13.0. The van der Waals surface area contributed by atoms with Crippen molar-refractivity contribution in [2.24, 2.45) is 5.92 Å². The van der Waals surface area contributed by atoms with E-state index in [-0.39, 0.29) is 17.6 Å². The first-order valence-corrected chi connectivity index (χ1v) is 18.1. The molecule has 0 aliphatic carbocycles. The van der Waals surface area contributed by atoms with Crippen LogP contribution in [0.5, 0.6) is 17.2 Å². The first kappa shape index (κ1) is 36.5. The molecule has 3 aromatic rings. The van der Waals surface area contributed by atoms with Crippen LogP contribution in [0.4, 0.5) is 0 Å². The maximum Gasteiger partial charge on any atom is 0.222 e. The van der Waals surface area contributed by atoms with Crippen LogP contribution in [0.2, 0.25) is 0 Å². The topological polar surface area (TPSA) is 68.3 Å². The number of nitrogens with zero attached hydrogens (tertiary/aromatic N) is 2. The molecule has 0 bridgehead atoms. The van der Waals surface area contributed by atoms with E-state index in [4.69, 9.17) is 14.2 Å². The van der Waals surface area contributed by atoms with Gasteiger partial charge in [-0.3, -0.25) is 14.5 Å². The van der Waals surface area contributed by atoms with E-state index in [0.717, 1.165) is 73.4 Å². The van der Waals surface area contributed by atoms with Gasteiger partial charge in [-0.2, -0.15) is 0 Å². The maximum atomic E-state index is 13.3. The van der Waals surface area contributed by atoms with Crippen molar-refractivity contribution >= 4 is 23.0 Å². The second-order valence-corrected chi connectivity index (χ2v) is 13.9. The Morgan fingerprint density at radius 1 is 0.851 bits per heavy atom. The largest absolute Gasteiger partial charge is 0.493 e. The number of carbonyl (C=O) groups is 2. The van der Waals surface area contributed by atoms with Gasteiger partial charge >= 0.3 is 0 Å². The molecule has 47 heavy (non-hydrogen) atoms. The highest BCUT2D eigenvalue weighted by molar-refractivity contribution is 7.12. The minimum Gasteiger partial charge on any atom is -0.493 e. The highest BCUT2D eigenvalue weighted by Crippen LogP contribution is 2.40. The summed E-state index contributed by atoms with van der Waals surface area (Å²) in [4.78, 5) is 31.7. The molecule has 0 radical (unpaired) electrons. The molecule has 1 aromatic heterocycles. The van der Waals surface area contributed by atoms with E-state index < -0.39 is 0 Å². The number of rotatable bonds is 18. The molecule has 1 unspecified atom stereocenters. The number of aryl methyl sites for hydroxylation is 4. The number of benzene rings is 2. The molecule has 1 aliphatic heterocycles. The summed E-state index contributed by atoms with van der Waals surface area (Å²) in [6.07, 6.45) is 6.96. The fourth-order valence-electron chi connectivity index (χ4n) is 6.37. The number of thiophene rings is 1. The second kappa shape index (κ2) is 18.3. The van der Waals surface area contributed by atoms with Crippen molar-refractivity contribution in [3.63, 3.8) is 0 Å². The summed E-state index contributed by atoms with van der Waals surface area (Å²) in [6, 6.07) is 12.7. The SMILES string of the molecule is CCCCCOc1c(CN2CCN(C(=O)CC(C)CC(=O)c3sccc3CCCc3cc(C)ccc3C)CC2)ccc(OC)c1OC. The minimum atomic E-state index is -0.00268. The van der Waals surface area contributed by atoms with Crippen molar-refractivity contribution in [1.82, 2.24) is 9.80 Å². The Labute approximate surface area is 286 Å². The van der Waals surface area contributed by atoms with Crippen LogP contribution < -0.4 is 14.2 Å². The quantitative estimate of drug-likeness (QED) is 0.101. The monoisotopic (exact) mass is 662 g/mol. The molecule has 1 fully saturated rings. The van der Waals surface area contributed by atoms with Gasteiger partial charge in [-0.15, -0.1) is 11.3 Å². The van der Waals surface area contributed by atoms with E-state index >= 15 is 0 Å². The molecule has 0 saturated carbocycles. The summed E-state index contributed by atoms with van der Waals surface area (Å²) in [5.74, 6) is 2.33. The number of piperazine rings is 1. The molecule has 8 heteroatoms. The molecule has 256 valence electrons. The summed E-state index contributed by atoms with van der Waals surface area (Å²) in [5, 5.41) is 2.03. The molecule has 1 atom stereocenters. The van der Waals surface area contributed by atoms with E-state index in [2.05, 4.69) is 56.0 Å². The number of ketones is 1. The van der Waals surface area contributed by atoms with Gasteiger partial charge in [0.1, 0.15) is 0 Å². The lowest BCUT2D eigenvalue weighted by Gasteiger charge is -2.35.